The van der Waals surface area contributed by atoms with E-state index < -0.39 is 0 Å². The van der Waals surface area contributed by atoms with Gasteiger partial charge in [-0.15, -0.1) is 0 Å². The summed E-state index contributed by atoms with van der Waals surface area (Å²) in [5.74, 6) is 1.13. The van der Waals surface area contributed by atoms with Crippen LogP contribution in [0.1, 0.15) is 5.56 Å². The maximum atomic E-state index is 12.4. The third kappa shape index (κ3) is 4.63. The highest BCUT2D eigenvalue weighted by Gasteiger charge is 2.21. The van der Waals surface area contributed by atoms with E-state index in [1.165, 1.54) is 5.56 Å². The Morgan fingerprint density at radius 3 is 2.57 bits per heavy atom. The molecule has 156 valence electrons. The van der Waals surface area contributed by atoms with Crippen molar-refractivity contribution in [3.8, 4) is 17.0 Å². The van der Waals surface area contributed by atoms with Crippen LogP contribution in [-0.2, 0) is 4.79 Å². The molecule has 2 aromatic carbocycles. The number of hydrogen-bond donors (Lipinski definition) is 1. The molecule has 7 heteroatoms. The predicted molar refractivity (Wildman–Crippen MR) is 117 cm³/mol. The van der Waals surface area contributed by atoms with Crippen LogP contribution in [-0.4, -0.2) is 55.8 Å². The molecule has 1 fully saturated rings. The van der Waals surface area contributed by atoms with Crippen molar-refractivity contribution in [3.63, 3.8) is 0 Å². The van der Waals surface area contributed by atoms with E-state index in [0.29, 0.717) is 18.1 Å². The zero-order chi connectivity index (χ0) is 20.9. The average Bonchev–Trinajstić information content (AvgIpc) is 3.23. The van der Waals surface area contributed by atoms with Gasteiger partial charge in [0.2, 0.25) is 11.8 Å². The first-order chi connectivity index (χ1) is 14.6. The normalized spacial score (nSPS) is 14.5. The van der Waals surface area contributed by atoms with Crippen LogP contribution in [0.3, 0.4) is 0 Å². The summed E-state index contributed by atoms with van der Waals surface area (Å²) in [6.45, 7) is 5.64. The number of ether oxygens (including phenoxy) is 1. The molecule has 7 nitrogen and oxygen atoms in total. The molecule has 1 saturated heterocycles. The van der Waals surface area contributed by atoms with E-state index in [1.807, 2.05) is 49.4 Å². The number of aryl methyl sites for hydroxylation is 1. The molecular formula is C23H26N4O3. The molecule has 1 N–H and O–H groups in total. The van der Waals surface area contributed by atoms with E-state index in [0.717, 1.165) is 43.2 Å². The van der Waals surface area contributed by atoms with E-state index in [1.54, 1.807) is 13.2 Å². The zero-order valence-corrected chi connectivity index (χ0v) is 17.3. The molecular weight excluding hydrogens is 380 g/mol. The molecule has 3 aromatic rings. The van der Waals surface area contributed by atoms with E-state index in [2.05, 4.69) is 26.3 Å². The number of methoxy groups -OCH3 is 1. The van der Waals surface area contributed by atoms with Gasteiger partial charge >= 0.3 is 0 Å². The number of aromatic nitrogens is 1. The summed E-state index contributed by atoms with van der Waals surface area (Å²) in [6, 6.07) is 17.8. The lowest BCUT2D eigenvalue weighted by molar-refractivity contribution is -0.117. The monoisotopic (exact) mass is 406 g/mol. The first-order valence-electron chi connectivity index (χ1n) is 10.1. The summed E-state index contributed by atoms with van der Waals surface area (Å²) in [4.78, 5) is 16.9. The van der Waals surface area contributed by atoms with Crippen molar-refractivity contribution in [2.24, 2.45) is 0 Å². The zero-order valence-electron chi connectivity index (χ0n) is 17.3. The van der Waals surface area contributed by atoms with E-state index in [9.17, 15) is 4.79 Å². The lowest BCUT2D eigenvalue weighted by Crippen LogP contribution is -2.48. The largest absolute Gasteiger partial charge is 0.495 e. The van der Waals surface area contributed by atoms with Gasteiger partial charge in [-0.05, 0) is 19.1 Å². The average molecular weight is 406 g/mol. The molecule has 1 aliphatic rings. The minimum absolute atomic E-state index is 0.104. The van der Waals surface area contributed by atoms with Gasteiger partial charge in [0.15, 0.2) is 0 Å². The summed E-state index contributed by atoms with van der Waals surface area (Å²) >= 11 is 0. The minimum atomic E-state index is -0.104. The van der Waals surface area contributed by atoms with Crippen molar-refractivity contribution in [1.82, 2.24) is 10.1 Å². The molecule has 0 unspecified atom stereocenters. The Bertz CT molecular complexity index is 992. The van der Waals surface area contributed by atoms with Gasteiger partial charge in [0.25, 0.3) is 0 Å². The number of anilines is 2. The Labute approximate surface area is 176 Å². The SMILES string of the molecule is COc1ccccc1N1CCN(CC(=O)Nc2cc(-c3ccc(C)cc3)no2)CC1. The maximum Gasteiger partial charge on any atom is 0.240 e. The topological polar surface area (TPSA) is 70.8 Å². The molecule has 0 aliphatic carbocycles. The van der Waals surface area contributed by atoms with E-state index in [-0.39, 0.29) is 5.91 Å². The number of carbonyl (C=O) groups is 1. The van der Waals surface area contributed by atoms with Gasteiger partial charge < -0.3 is 14.2 Å². The number of hydrogen-bond acceptors (Lipinski definition) is 6. The number of piperazine rings is 1. The highest BCUT2D eigenvalue weighted by atomic mass is 16.5. The van der Waals surface area contributed by atoms with Gasteiger partial charge in [-0.2, -0.15) is 0 Å². The number of nitrogens with one attached hydrogen (secondary N) is 1. The van der Waals surface area contributed by atoms with E-state index >= 15 is 0 Å². The van der Waals surface area contributed by atoms with Crippen molar-refractivity contribution in [1.29, 1.82) is 0 Å². The number of carbonyl (C=O) groups excluding carboxylic acids is 1. The molecule has 0 bridgehead atoms. The minimum Gasteiger partial charge on any atom is -0.495 e. The molecule has 1 aromatic heterocycles. The summed E-state index contributed by atoms with van der Waals surface area (Å²) in [5.41, 5.74) is 3.93. The highest BCUT2D eigenvalue weighted by Crippen LogP contribution is 2.28. The molecule has 0 saturated carbocycles. The quantitative estimate of drug-likeness (QED) is 0.676. The fraction of sp³-hybridized carbons (Fsp3) is 0.304. The number of rotatable bonds is 6. The third-order valence-corrected chi connectivity index (χ3v) is 5.29. The van der Waals surface area contributed by atoms with Crippen LogP contribution in [0.4, 0.5) is 11.6 Å². The molecule has 1 amide bonds. The van der Waals surface area contributed by atoms with Crippen LogP contribution >= 0.6 is 0 Å². The summed E-state index contributed by atoms with van der Waals surface area (Å²) in [6.07, 6.45) is 0. The Morgan fingerprint density at radius 1 is 1.10 bits per heavy atom. The molecule has 30 heavy (non-hydrogen) atoms. The Hall–Kier alpha value is -3.32. The molecule has 4 rings (SSSR count). The van der Waals surface area contributed by atoms with Gasteiger partial charge in [-0.3, -0.25) is 15.0 Å². The molecule has 0 spiro atoms. The van der Waals surface area contributed by atoms with Gasteiger partial charge in [-0.25, -0.2) is 0 Å². The van der Waals surface area contributed by atoms with Crippen molar-refractivity contribution in [3.05, 3.63) is 60.2 Å². The second-order valence-electron chi connectivity index (χ2n) is 7.43. The molecule has 2 heterocycles. The van der Waals surface area contributed by atoms with Crippen molar-refractivity contribution >= 4 is 17.5 Å². The second-order valence-corrected chi connectivity index (χ2v) is 7.43. The van der Waals surface area contributed by atoms with Crippen LogP contribution in [0.5, 0.6) is 5.75 Å². The van der Waals surface area contributed by atoms with Gasteiger partial charge in [0, 0.05) is 37.8 Å². The second kappa shape index (κ2) is 9.00. The number of para-hydroxylation sites is 2. The van der Waals surface area contributed by atoms with Gasteiger partial charge in [0.1, 0.15) is 11.4 Å². The van der Waals surface area contributed by atoms with Gasteiger partial charge in [0.05, 0.1) is 19.3 Å². The summed E-state index contributed by atoms with van der Waals surface area (Å²) in [7, 11) is 1.69. The summed E-state index contributed by atoms with van der Waals surface area (Å²) in [5, 5.41) is 6.86. The maximum absolute atomic E-state index is 12.4. The van der Waals surface area contributed by atoms with Crippen LogP contribution in [0.15, 0.2) is 59.1 Å². The summed E-state index contributed by atoms with van der Waals surface area (Å²) < 4.78 is 10.7. The lowest BCUT2D eigenvalue weighted by atomic mass is 10.1. The van der Waals surface area contributed by atoms with Crippen molar-refractivity contribution < 1.29 is 14.1 Å². The van der Waals surface area contributed by atoms with Crippen LogP contribution in [0, 0.1) is 6.92 Å². The number of nitrogens with zero attached hydrogens (tertiary/aromatic N) is 3. The Kier molecular flexibility index (Phi) is 5.99. The third-order valence-electron chi connectivity index (χ3n) is 5.29. The predicted octanol–water partition coefficient (Wildman–Crippen LogP) is 3.42. The molecule has 1 aliphatic heterocycles. The number of benzene rings is 2. The molecule has 0 radical (unpaired) electrons. The van der Waals surface area contributed by atoms with Crippen molar-refractivity contribution in [2.45, 2.75) is 6.92 Å². The van der Waals surface area contributed by atoms with Crippen LogP contribution in [0.25, 0.3) is 11.3 Å². The van der Waals surface area contributed by atoms with Crippen LogP contribution in [0.2, 0.25) is 0 Å². The fourth-order valence-corrected chi connectivity index (χ4v) is 3.61. The van der Waals surface area contributed by atoms with Crippen LogP contribution < -0.4 is 15.0 Å². The molecule has 0 atom stereocenters. The van der Waals surface area contributed by atoms with E-state index in [4.69, 9.17) is 9.26 Å². The Balaban J connectivity index is 1.29. The first-order valence-corrected chi connectivity index (χ1v) is 10.1. The lowest BCUT2D eigenvalue weighted by Gasteiger charge is -2.36. The smallest absolute Gasteiger partial charge is 0.240 e. The van der Waals surface area contributed by atoms with Gasteiger partial charge in [-0.1, -0.05) is 47.1 Å². The van der Waals surface area contributed by atoms with Crippen molar-refractivity contribution in [2.75, 3.05) is 50.1 Å². The fourth-order valence-electron chi connectivity index (χ4n) is 3.61. The Morgan fingerprint density at radius 2 is 1.83 bits per heavy atom. The number of amides is 1. The highest BCUT2D eigenvalue weighted by molar-refractivity contribution is 5.91. The first kappa shape index (κ1) is 20.0. The standard InChI is InChI=1S/C23H26N4O3/c1-17-7-9-18(10-8-17)19-15-23(30-25-19)24-22(28)16-26-11-13-27(14-12-26)20-5-3-4-6-21(20)29-2/h3-10,15H,11-14,16H2,1-2H3,(H,24,28).